The maximum absolute atomic E-state index is 8.67. The van der Waals surface area contributed by atoms with Gasteiger partial charge in [0, 0.05) is 12.6 Å². The fourth-order valence-electron chi connectivity index (χ4n) is 1.49. The molecule has 0 aliphatic carbocycles. The van der Waals surface area contributed by atoms with Crippen molar-refractivity contribution < 1.29 is 9.84 Å². The number of anilines is 1. The van der Waals surface area contributed by atoms with E-state index in [9.17, 15) is 0 Å². The Morgan fingerprint density at radius 2 is 2.17 bits per heavy atom. The number of hydrogen-bond donors (Lipinski definition) is 1. The molecule has 6 heteroatoms. The molecule has 0 bridgehead atoms. The minimum Gasteiger partial charge on any atom is -0.394 e. The lowest BCUT2D eigenvalue weighted by Gasteiger charge is -2.27. The van der Waals surface area contributed by atoms with E-state index in [4.69, 9.17) is 15.1 Å². The van der Waals surface area contributed by atoms with Gasteiger partial charge in [0.25, 0.3) is 0 Å². The van der Waals surface area contributed by atoms with E-state index in [-0.39, 0.29) is 12.6 Å². The van der Waals surface area contributed by atoms with Gasteiger partial charge in [-0.3, -0.25) is 0 Å². The molecule has 98 valence electrons. The van der Waals surface area contributed by atoms with Gasteiger partial charge in [-0.15, -0.1) is 0 Å². The lowest BCUT2D eigenvalue weighted by atomic mass is 10.3. The highest BCUT2D eigenvalue weighted by Gasteiger charge is 2.12. The van der Waals surface area contributed by atoms with Gasteiger partial charge in [0.1, 0.15) is 11.9 Å². The first kappa shape index (κ1) is 14.4. The van der Waals surface area contributed by atoms with Crippen molar-refractivity contribution in [3.8, 4) is 6.07 Å². The average molecular weight is 250 g/mol. The van der Waals surface area contributed by atoms with Gasteiger partial charge in [0.05, 0.1) is 32.2 Å². The second kappa shape index (κ2) is 7.58. The molecular formula is C12H18N4O2. The Labute approximate surface area is 107 Å². The summed E-state index contributed by atoms with van der Waals surface area (Å²) in [5.74, 6) is 0.719. The van der Waals surface area contributed by atoms with Crippen LogP contribution in [0.3, 0.4) is 0 Å². The van der Waals surface area contributed by atoms with Gasteiger partial charge < -0.3 is 14.7 Å². The predicted octanol–water partition coefficient (Wildman–Crippen LogP) is 0.572. The van der Waals surface area contributed by atoms with Crippen LogP contribution in [0.5, 0.6) is 0 Å². The molecule has 0 aromatic carbocycles. The maximum Gasteiger partial charge on any atom is 0.158 e. The Morgan fingerprint density at radius 1 is 1.39 bits per heavy atom. The van der Waals surface area contributed by atoms with E-state index in [0.717, 1.165) is 5.82 Å². The summed E-state index contributed by atoms with van der Waals surface area (Å²) in [6.07, 6.45) is 3.05. The number of ether oxygens (including phenoxy) is 1. The molecule has 0 aliphatic rings. The molecule has 1 N–H and O–H groups in total. The van der Waals surface area contributed by atoms with Crippen LogP contribution in [-0.4, -0.2) is 47.5 Å². The molecule has 0 saturated carbocycles. The summed E-state index contributed by atoms with van der Waals surface area (Å²) >= 11 is 0. The van der Waals surface area contributed by atoms with Gasteiger partial charge in [-0.2, -0.15) is 5.26 Å². The number of aromatic nitrogens is 2. The van der Waals surface area contributed by atoms with Crippen LogP contribution in [-0.2, 0) is 4.74 Å². The van der Waals surface area contributed by atoms with E-state index in [1.54, 1.807) is 6.20 Å². The van der Waals surface area contributed by atoms with Gasteiger partial charge in [-0.25, -0.2) is 9.97 Å². The minimum atomic E-state index is 0.0261. The molecule has 0 amide bonds. The summed E-state index contributed by atoms with van der Waals surface area (Å²) in [6, 6.07) is 2.19. The van der Waals surface area contributed by atoms with E-state index in [0.29, 0.717) is 25.5 Å². The Hall–Kier alpha value is -1.71. The predicted molar refractivity (Wildman–Crippen MR) is 67.1 cm³/mol. The van der Waals surface area contributed by atoms with Crippen molar-refractivity contribution in [2.24, 2.45) is 0 Å². The van der Waals surface area contributed by atoms with Gasteiger partial charge in [-0.1, -0.05) is 0 Å². The van der Waals surface area contributed by atoms with Crippen LogP contribution >= 0.6 is 0 Å². The topological polar surface area (TPSA) is 82.3 Å². The molecule has 6 nitrogen and oxygen atoms in total. The molecule has 18 heavy (non-hydrogen) atoms. The van der Waals surface area contributed by atoms with Crippen molar-refractivity contribution in [2.45, 2.75) is 19.9 Å². The van der Waals surface area contributed by atoms with Crippen LogP contribution in [0.2, 0.25) is 0 Å². The summed E-state index contributed by atoms with van der Waals surface area (Å²) in [6.45, 7) is 5.64. The van der Waals surface area contributed by atoms with Crippen molar-refractivity contribution in [1.82, 2.24) is 9.97 Å². The van der Waals surface area contributed by atoms with Gasteiger partial charge in [0.15, 0.2) is 5.69 Å². The summed E-state index contributed by atoms with van der Waals surface area (Å²) in [4.78, 5) is 10.2. The lowest BCUT2D eigenvalue weighted by molar-refractivity contribution is 0.0960. The van der Waals surface area contributed by atoms with Crippen molar-refractivity contribution in [2.75, 3.05) is 31.3 Å². The number of aliphatic hydroxyl groups is 1. The molecule has 1 aromatic heterocycles. The minimum absolute atomic E-state index is 0.0261. The van der Waals surface area contributed by atoms with Crippen LogP contribution < -0.4 is 4.90 Å². The Morgan fingerprint density at radius 3 is 2.67 bits per heavy atom. The Kier molecular flexibility index (Phi) is 6.05. The molecule has 0 unspecified atom stereocenters. The molecule has 1 rings (SSSR count). The van der Waals surface area contributed by atoms with E-state index in [1.807, 2.05) is 24.8 Å². The van der Waals surface area contributed by atoms with Gasteiger partial charge in [-0.05, 0) is 13.8 Å². The average Bonchev–Trinajstić information content (AvgIpc) is 2.39. The third-order valence-electron chi connectivity index (χ3n) is 2.38. The summed E-state index contributed by atoms with van der Waals surface area (Å²) in [5, 5.41) is 17.3. The summed E-state index contributed by atoms with van der Waals surface area (Å²) < 4.78 is 5.24. The fraction of sp³-hybridized carbons (Fsp3) is 0.583. The smallest absolute Gasteiger partial charge is 0.158 e. The number of nitriles is 1. The highest BCUT2D eigenvalue weighted by atomic mass is 16.5. The summed E-state index contributed by atoms with van der Waals surface area (Å²) in [7, 11) is 0. The van der Waals surface area contributed by atoms with Crippen LogP contribution in [0, 0.1) is 11.3 Å². The third kappa shape index (κ3) is 4.28. The number of aliphatic hydroxyl groups excluding tert-OH is 1. The zero-order valence-corrected chi connectivity index (χ0v) is 10.7. The Bertz CT molecular complexity index is 386. The number of rotatable bonds is 7. The lowest BCUT2D eigenvalue weighted by Crippen LogP contribution is -2.35. The second-order valence-electron chi connectivity index (χ2n) is 3.99. The molecule has 0 atom stereocenters. The van der Waals surface area contributed by atoms with Gasteiger partial charge >= 0.3 is 0 Å². The zero-order chi connectivity index (χ0) is 13.4. The van der Waals surface area contributed by atoms with Crippen molar-refractivity contribution >= 4 is 5.82 Å². The highest BCUT2D eigenvalue weighted by Crippen LogP contribution is 2.12. The molecule has 0 radical (unpaired) electrons. The first-order valence-electron chi connectivity index (χ1n) is 5.86. The second-order valence-corrected chi connectivity index (χ2v) is 3.99. The fourth-order valence-corrected chi connectivity index (χ4v) is 1.49. The standard InChI is InChI=1S/C12H18N4O2/c1-10(2)16(3-5-18-6-4-17)12-9-14-11(7-13)8-15-12/h8-10,17H,3-6H2,1-2H3. The van der Waals surface area contributed by atoms with Crippen LogP contribution in [0.25, 0.3) is 0 Å². The first-order valence-corrected chi connectivity index (χ1v) is 5.86. The summed E-state index contributed by atoms with van der Waals surface area (Å²) in [5.41, 5.74) is 0.305. The molecule has 1 aromatic rings. The first-order chi connectivity index (χ1) is 8.69. The monoisotopic (exact) mass is 250 g/mol. The van der Waals surface area contributed by atoms with E-state index >= 15 is 0 Å². The van der Waals surface area contributed by atoms with E-state index in [1.165, 1.54) is 6.20 Å². The normalized spacial score (nSPS) is 10.4. The molecule has 1 heterocycles. The Balaban J connectivity index is 2.63. The van der Waals surface area contributed by atoms with E-state index in [2.05, 4.69) is 9.97 Å². The molecule has 0 fully saturated rings. The SMILES string of the molecule is CC(C)N(CCOCCO)c1cnc(C#N)cn1. The quantitative estimate of drug-likeness (QED) is 0.712. The number of nitrogens with zero attached hydrogens (tertiary/aromatic N) is 4. The highest BCUT2D eigenvalue weighted by molar-refractivity contribution is 5.38. The third-order valence-corrected chi connectivity index (χ3v) is 2.38. The van der Waals surface area contributed by atoms with Crippen LogP contribution in [0.1, 0.15) is 19.5 Å². The van der Waals surface area contributed by atoms with Gasteiger partial charge in [0.2, 0.25) is 0 Å². The van der Waals surface area contributed by atoms with Crippen LogP contribution in [0.15, 0.2) is 12.4 Å². The largest absolute Gasteiger partial charge is 0.394 e. The molecule has 0 aliphatic heterocycles. The zero-order valence-electron chi connectivity index (χ0n) is 10.7. The molecule has 0 spiro atoms. The van der Waals surface area contributed by atoms with Crippen molar-refractivity contribution in [3.63, 3.8) is 0 Å². The van der Waals surface area contributed by atoms with Crippen molar-refractivity contribution in [1.29, 1.82) is 5.26 Å². The van der Waals surface area contributed by atoms with Crippen LogP contribution in [0.4, 0.5) is 5.82 Å². The van der Waals surface area contributed by atoms with Crippen molar-refractivity contribution in [3.05, 3.63) is 18.1 Å². The number of hydrogen-bond acceptors (Lipinski definition) is 6. The molecule has 0 saturated heterocycles. The van der Waals surface area contributed by atoms with E-state index < -0.39 is 0 Å². The molecular weight excluding hydrogens is 232 g/mol. The maximum atomic E-state index is 8.67.